The molecule has 1 heterocycles. The number of hydrogen-bond donors (Lipinski definition) is 2. The molecule has 2 rings (SSSR count). The molecule has 0 radical (unpaired) electrons. The lowest BCUT2D eigenvalue weighted by Gasteiger charge is -2.10. The molecule has 5 heteroatoms. The van der Waals surface area contributed by atoms with Gasteiger partial charge in [0.2, 0.25) is 5.91 Å². The quantitative estimate of drug-likeness (QED) is 0.878. The van der Waals surface area contributed by atoms with Gasteiger partial charge in [-0.2, -0.15) is 0 Å². The highest BCUT2D eigenvalue weighted by atomic mass is 16.5. The maximum absolute atomic E-state index is 11.2. The summed E-state index contributed by atoms with van der Waals surface area (Å²) in [4.78, 5) is 11.2. The van der Waals surface area contributed by atoms with Crippen LogP contribution in [0.2, 0.25) is 0 Å². The molecule has 0 fully saturated rings. The lowest BCUT2D eigenvalue weighted by Crippen LogP contribution is -2.16. The van der Waals surface area contributed by atoms with Crippen LogP contribution in [-0.4, -0.2) is 11.1 Å². The van der Waals surface area contributed by atoms with E-state index in [-0.39, 0.29) is 5.91 Å². The number of benzene rings is 1. The molecule has 0 aliphatic rings. The van der Waals surface area contributed by atoms with Crippen LogP contribution in [0.1, 0.15) is 29.5 Å². The predicted octanol–water partition coefficient (Wildman–Crippen LogP) is 2.54. The van der Waals surface area contributed by atoms with E-state index in [9.17, 15) is 4.79 Å². The Labute approximate surface area is 118 Å². The van der Waals surface area contributed by atoms with Gasteiger partial charge >= 0.3 is 0 Å². The van der Waals surface area contributed by atoms with Crippen molar-refractivity contribution in [3.63, 3.8) is 0 Å². The zero-order valence-electron chi connectivity index (χ0n) is 12.0. The molecule has 5 nitrogen and oxygen atoms in total. The zero-order chi connectivity index (χ0) is 14.5. The number of nitrogens with zero attached hydrogens (tertiary/aromatic N) is 1. The average molecular weight is 273 g/mol. The van der Waals surface area contributed by atoms with Crippen LogP contribution in [0.25, 0.3) is 0 Å². The van der Waals surface area contributed by atoms with Gasteiger partial charge in [-0.05, 0) is 25.5 Å². The van der Waals surface area contributed by atoms with Gasteiger partial charge in [0.15, 0.2) is 0 Å². The zero-order valence-corrected chi connectivity index (χ0v) is 12.0. The smallest absolute Gasteiger partial charge is 0.221 e. The molecule has 0 aliphatic carbocycles. The van der Waals surface area contributed by atoms with E-state index in [0.717, 1.165) is 28.3 Å². The summed E-state index contributed by atoms with van der Waals surface area (Å²) in [6, 6.07) is 7.75. The van der Waals surface area contributed by atoms with Crippen LogP contribution in [0.4, 0.5) is 5.69 Å². The molecule has 0 aliphatic heterocycles. The van der Waals surface area contributed by atoms with Gasteiger partial charge in [-0.25, -0.2) is 0 Å². The number of aryl methyl sites for hydroxylation is 2. The second-order valence-electron chi connectivity index (χ2n) is 4.74. The van der Waals surface area contributed by atoms with Crippen molar-refractivity contribution in [3.8, 4) is 0 Å². The molecule has 0 bridgehead atoms. The number of aromatic nitrogens is 1. The molecule has 0 saturated carbocycles. The molecule has 2 N–H and O–H groups in total. The molecule has 2 aromatic rings. The first-order valence-corrected chi connectivity index (χ1v) is 6.56. The van der Waals surface area contributed by atoms with Crippen molar-refractivity contribution in [2.24, 2.45) is 0 Å². The van der Waals surface area contributed by atoms with Crippen LogP contribution in [0.5, 0.6) is 0 Å². The molecule has 0 unspecified atom stereocenters. The normalized spacial score (nSPS) is 10.6. The van der Waals surface area contributed by atoms with Crippen molar-refractivity contribution in [1.82, 2.24) is 10.5 Å². The Hall–Kier alpha value is -2.14. The van der Waals surface area contributed by atoms with Crippen molar-refractivity contribution in [1.29, 1.82) is 0 Å². The number of amides is 1. The van der Waals surface area contributed by atoms with E-state index in [1.165, 1.54) is 6.92 Å². The highest BCUT2D eigenvalue weighted by Crippen LogP contribution is 2.16. The number of rotatable bonds is 5. The summed E-state index contributed by atoms with van der Waals surface area (Å²) in [7, 11) is 0. The minimum atomic E-state index is -0.0665. The minimum absolute atomic E-state index is 0.0665. The van der Waals surface area contributed by atoms with Crippen molar-refractivity contribution in [3.05, 3.63) is 46.8 Å². The first kappa shape index (κ1) is 14.3. The number of nitrogens with one attached hydrogen (secondary N) is 2. The van der Waals surface area contributed by atoms with E-state index in [2.05, 4.69) is 15.8 Å². The minimum Gasteiger partial charge on any atom is -0.361 e. The second-order valence-corrected chi connectivity index (χ2v) is 4.74. The summed E-state index contributed by atoms with van der Waals surface area (Å²) in [5.74, 6) is 0.772. The van der Waals surface area contributed by atoms with Crippen LogP contribution < -0.4 is 10.6 Å². The lowest BCUT2D eigenvalue weighted by molar-refractivity contribution is -0.114. The molecule has 0 spiro atoms. The standard InChI is InChI=1S/C15H19N3O2/c1-10-14(11(2)20-18-10)9-16-8-13-6-4-5-7-15(13)17-12(3)19/h4-7,16H,8-9H2,1-3H3,(H,17,19). The maximum atomic E-state index is 11.2. The van der Waals surface area contributed by atoms with Gasteiger partial charge in [0.05, 0.1) is 5.69 Å². The third-order valence-corrected chi connectivity index (χ3v) is 3.13. The lowest BCUT2D eigenvalue weighted by atomic mass is 10.1. The Bertz CT molecular complexity index is 585. The van der Waals surface area contributed by atoms with Crippen LogP contribution in [-0.2, 0) is 17.9 Å². The summed E-state index contributed by atoms with van der Waals surface area (Å²) in [6.45, 7) is 6.70. The molecular weight excluding hydrogens is 254 g/mol. The number of anilines is 1. The van der Waals surface area contributed by atoms with Gasteiger partial charge in [-0.15, -0.1) is 0 Å². The van der Waals surface area contributed by atoms with Gasteiger partial charge in [0.25, 0.3) is 0 Å². The molecule has 1 aromatic heterocycles. The van der Waals surface area contributed by atoms with Crippen molar-refractivity contribution in [2.45, 2.75) is 33.9 Å². The fourth-order valence-corrected chi connectivity index (χ4v) is 2.06. The van der Waals surface area contributed by atoms with E-state index in [0.29, 0.717) is 13.1 Å². The van der Waals surface area contributed by atoms with E-state index in [4.69, 9.17) is 4.52 Å². The Morgan fingerprint density at radius 2 is 2.00 bits per heavy atom. The molecule has 1 aromatic carbocycles. The van der Waals surface area contributed by atoms with E-state index in [1.54, 1.807) is 0 Å². The largest absolute Gasteiger partial charge is 0.361 e. The molecule has 1 amide bonds. The van der Waals surface area contributed by atoms with Crippen molar-refractivity contribution < 1.29 is 9.32 Å². The van der Waals surface area contributed by atoms with Crippen LogP contribution in [0, 0.1) is 13.8 Å². The highest BCUT2D eigenvalue weighted by Gasteiger charge is 2.09. The fraction of sp³-hybridized carbons (Fsp3) is 0.333. The summed E-state index contributed by atoms with van der Waals surface area (Å²) in [5, 5.41) is 10.1. The second kappa shape index (κ2) is 6.34. The summed E-state index contributed by atoms with van der Waals surface area (Å²) in [6.07, 6.45) is 0. The first-order chi connectivity index (χ1) is 9.58. The van der Waals surface area contributed by atoms with E-state index in [1.807, 2.05) is 38.1 Å². The van der Waals surface area contributed by atoms with E-state index >= 15 is 0 Å². The maximum Gasteiger partial charge on any atom is 0.221 e. The van der Waals surface area contributed by atoms with Gasteiger partial charge in [0.1, 0.15) is 5.76 Å². The third kappa shape index (κ3) is 3.45. The Morgan fingerprint density at radius 3 is 2.65 bits per heavy atom. The average Bonchev–Trinajstić information content (AvgIpc) is 2.71. The van der Waals surface area contributed by atoms with Crippen molar-refractivity contribution >= 4 is 11.6 Å². The van der Waals surface area contributed by atoms with Gasteiger partial charge in [0, 0.05) is 31.3 Å². The third-order valence-electron chi connectivity index (χ3n) is 3.13. The van der Waals surface area contributed by atoms with Gasteiger partial charge in [-0.1, -0.05) is 23.4 Å². The predicted molar refractivity (Wildman–Crippen MR) is 77.3 cm³/mol. The Kier molecular flexibility index (Phi) is 4.53. The number of carbonyl (C=O) groups excluding carboxylic acids is 1. The van der Waals surface area contributed by atoms with Crippen molar-refractivity contribution in [2.75, 3.05) is 5.32 Å². The molecule has 20 heavy (non-hydrogen) atoms. The number of para-hydroxylation sites is 1. The number of hydrogen-bond acceptors (Lipinski definition) is 4. The van der Waals surface area contributed by atoms with Crippen LogP contribution in [0.15, 0.2) is 28.8 Å². The molecular formula is C15H19N3O2. The summed E-state index contributed by atoms with van der Waals surface area (Å²) >= 11 is 0. The van der Waals surface area contributed by atoms with E-state index < -0.39 is 0 Å². The highest BCUT2D eigenvalue weighted by molar-refractivity contribution is 5.89. The SMILES string of the molecule is CC(=O)Nc1ccccc1CNCc1c(C)noc1C. The monoisotopic (exact) mass is 273 g/mol. The Balaban J connectivity index is 1.99. The Morgan fingerprint density at radius 1 is 1.25 bits per heavy atom. The molecule has 0 saturated heterocycles. The first-order valence-electron chi connectivity index (χ1n) is 6.56. The summed E-state index contributed by atoms with van der Waals surface area (Å²) in [5.41, 5.74) is 3.88. The topological polar surface area (TPSA) is 67.2 Å². The molecule has 106 valence electrons. The number of carbonyl (C=O) groups is 1. The van der Waals surface area contributed by atoms with Gasteiger partial charge in [-0.3, -0.25) is 4.79 Å². The molecule has 0 atom stereocenters. The van der Waals surface area contributed by atoms with Crippen LogP contribution in [0.3, 0.4) is 0 Å². The van der Waals surface area contributed by atoms with Gasteiger partial charge < -0.3 is 15.2 Å². The van der Waals surface area contributed by atoms with Crippen LogP contribution >= 0.6 is 0 Å². The fourth-order valence-electron chi connectivity index (χ4n) is 2.06. The summed E-state index contributed by atoms with van der Waals surface area (Å²) < 4.78 is 5.13.